The van der Waals surface area contributed by atoms with Crippen LogP contribution in [0.3, 0.4) is 0 Å². The van der Waals surface area contributed by atoms with E-state index in [-0.39, 0.29) is 11.9 Å². The number of ether oxygens (including phenoxy) is 1. The molecule has 0 aliphatic carbocycles. The summed E-state index contributed by atoms with van der Waals surface area (Å²) in [7, 11) is 0. The van der Waals surface area contributed by atoms with Crippen molar-refractivity contribution in [3.05, 3.63) is 41.2 Å². The lowest BCUT2D eigenvalue weighted by Gasteiger charge is -2.27. The standard InChI is InChI=1S/C18H22N4O3/c1-13-18(20-25-19-13)15-6-4-8-22(15)17(23)12-21-9-10-24-16-7-3-2-5-14(16)11-21/h2-3,5,7,15H,4,6,8-12H2,1H3. The monoisotopic (exact) mass is 342 g/mol. The zero-order valence-electron chi connectivity index (χ0n) is 14.4. The summed E-state index contributed by atoms with van der Waals surface area (Å²) in [4.78, 5) is 17.0. The van der Waals surface area contributed by atoms with Crippen molar-refractivity contribution < 1.29 is 14.2 Å². The molecule has 2 aliphatic rings. The van der Waals surface area contributed by atoms with E-state index in [0.717, 1.165) is 55.2 Å². The van der Waals surface area contributed by atoms with Crippen molar-refractivity contribution in [3.8, 4) is 5.75 Å². The number of hydrogen-bond acceptors (Lipinski definition) is 6. The summed E-state index contributed by atoms with van der Waals surface area (Å²) in [5.41, 5.74) is 2.68. The highest BCUT2D eigenvalue weighted by Gasteiger charge is 2.34. The predicted octanol–water partition coefficient (Wildman–Crippen LogP) is 1.94. The fourth-order valence-corrected chi connectivity index (χ4v) is 3.69. The molecule has 0 bridgehead atoms. The SMILES string of the molecule is Cc1nonc1C1CCCN1C(=O)CN1CCOc2ccccc2C1. The van der Waals surface area contributed by atoms with Crippen LogP contribution in [-0.2, 0) is 11.3 Å². The Hall–Kier alpha value is -2.41. The van der Waals surface area contributed by atoms with E-state index in [0.29, 0.717) is 13.2 Å². The Bertz CT molecular complexity index is 760. The summed E-state index contributed by atoms with van der Waals surface area (Å²) in [5.74, 6) is 1.05. The normalized spacial score (nSPS) is 20.8. The summed E-state index contributed by atoms with van der Waals surface area (Å²) in [6.45, 7) is 5.08. The number of amides is 1. The third-order valence-corrected chi connectivity index (χ3v) is 4.97. The number of hydrogen-bond donors (Lipinski definition) is 0. The van der Waals surface area contributed by atoms with Crippen LogP contribution in [0.2, 0.25) is 0 Å². The maximum Gasteiger partial charge on any atom is 0.237 e. The molecule has 1 aromatic heterocycles. The first-order valence-corrected chi connectivity index (χ1v) is 8.74. The van der Waals surface area contributed by atoms with Crippen LogP contribution in [0.4, 0.5) is 0 Å². The Labute approximate surface area is 146 Å². The lowest BCUT2D eigenvalue weighted by Crippen LogP contribution is -2.40. The van der Waals surface area contributed by atoms with Crippen molar-refractivity contribution >= 4 is 5.91 Å². The van der Waals surface area contributed by atoms with Gasteiger partial charge in [-0.2, -0.15) is 0 Å². The number of aryl methyl sites for hydroxylation is 1. The predicted molar refractivity (Wildman–Crippen MR) is 89.9 cm³/mol. The van der Waals surface area contributed by atoms with Crippen LogP contribution < -0.4 is 4.74 Å². The molecule has 2 aliphatic heterocycles. The summed E-state index contributed by atoms with van der Waals surface area (Å²) in [6.07, 6.45) is 1.89. The number of carbonyl (C=O) groups is 1. The molecule has 0 radical (unpaired) electrons. The molecule has 1 fully saturated rings. The van der Waals surface area contributed by atoms with Gasteiger partial charge in [-0.25, -0.2) is 4.63 Å². The summed E-state index contributed by atoms with van der Waals surface area (Å²) in [5, 5.41) is 7.87. The van der Waals surface area contributed by atoms with Crippen molar-refractivity contribution in [2.24, 2.45) is 0 Å². The van der Waals surface area contributed by atoms with Crippen molar-refractivity contribution in [2.45, 2.75) is 32.4 Å². The zero-order chi connectivity index (χ0) is 17.2. The van der Waals surface area contributed by atoms with Gasteiger partial charge in [0.1, 0.15) is 23.7 Å². The number of carbonyl (C=O) groups excluding carboxylic acids is 1. The average molecular weight is 342 g/mol. The second-order valence-corrected chi connectivity index (χ2v) is 6.65. The number of nitrogens with zero attached hydrogens (tertiary/aromatic N) is 4. The minimum Gasteiger partial charge on any atom is -0.492 e. The molecule has 7 heteroatoms. The van der Waals surface area contributed by atoms with Crippen LogP contribution in [-0.4, -0.2) is 52.3 Å². The lowest BCUT2D eigenvalue weighted by molar-refractivity contribution is -0.133. The van der Waals surface area contributed by atoms with Gasteiger partial charge in [0, 0.05) is 25.2 Å². The quantitative estimate of drug-likeness (QED) is 0.849. The first kappa shape index (κ1) is 16.1. The first-order chi connectivity index (χ1) is 12.2. The Morgan fingerprint density at radius 1 is 1.28 bits per heavy atom. The van der Waals surface area contributed by atoms with E-state index in [4.69, 9.17) is 9.37 Å². The number of likely N-dealkylation sites (tertiary alicyclic amines) is 1. The van der Waals surface area contributed by atoms with Crippen LogP contribution in [0.15, 0.2) is 28.9 Å². The molecular weight excluding hydrogens is 320 g/mol. The second kappa shape index (κ2) is 6.84. The topological polar surface area (TPSA) is 71.7 Å². The van der Waals surface area contributed by atoms with Crippen molar-refractivity contribution in [1.82, 2.24) is 20.1 Å². The largest absolute Gasteiger partial charge is 0.492 e. The molecule has 0 saturated carbocycles. The van der Waals surface area contributed by atoms with Gasteiger partial charge in [0.25, 0.3) is 0 Å². The fourth-order valence-electron chi connectivity index (χ4n) is 3.69. The number of aromatic nitrogens is 2. The van der Waals surface area contributed by atoms with E-state index in [1.165, 1.54) is 0 Å². The fraction of sp³-hybridized carbons (Fsp3) is 0.500. The summed E-state index contributed by atoms with van der Waals surface area (Å²) < 4.78 is 10.6. The third kappa shape index (κ3) is 3.24. The Morgan fingerprint density at radius 3 is 3.00 bits per heavy atom. The molecular formula is C18H22N4O3. The van der Waals surface area contributed by atoms with E-state index in [2.05, 4.69) is 21.3 Å². The number of para-hydroxylation sites is 1. The van der Waals surface area contributed by atoms with Crippen LogP contribution in [0.25, 0.3) is 0 Å². The highest BCUT2D eigenvalue weighted by atomic mass is 16.6. The first-order valence-electron chi connectivity index (χ1n) is 8.74. The highest BCUT2D eigenvalue weighted by molar-refractivity contribution is 5.79. The Balaban J connectivity index is 1.45. The molecule has 4 rings (SSSR count). The van der Waals surface area contributed by atoms with Gasteiger partial charge >= 0.3 is 0 Å². The van der Waals surface area contributed by atoms with Crippen molar-refractivity contribution in [1.29, 1.82) is 0 Å². The molecule has 3 heterocycles. The van der Waals surface area contributed by atoms with E-state index in [1.54, 1.807) is 0 Å². The van der Waals surface area contributed by atoms with E-state index < -0.39 is 0 Å². The molecule has 0 spiro atoms. The summed E-state index contributed by atoms with van der Waals surface area (Å²) >= 11 is 0. The van der Waals surface area contributed by atoms with Crippen LogP contribution in [0.1, 0.15) is 35.8 Å². The average Bonchev–Trinajstić information content (AvgIpc) is 3.19. The van der Waals surface area contributed by atoms with Crippen LogP contribution in [0.5, 0.6) is 5.75 Å². The minimum atomic E-state index is -0.0192. The third-order valence-electron chi connectivity index (χ3n) is 4.97. The summed E-state index contributed by atoms with van der Waals surface area (Å²) in [6, 6.07) is 8.00. The molecule has 1 atom stereocenters. The van der Waals surface area contributed by atoms with E-state index in [1.807, 2.05) is 30.0 Å². The van der Waals surface area contributed by atoms with Gasteiger partial charge in [-0.05, 0) is 25.8 Å². The molecule has 1 aromatic carbocycles. The number of fused-ring (bicyclic) bond motifs is 1. The Kier molecular flexibility index (Phi) is 4.40. The lowest BCUT2D eigenvalue weighted by atomic mass is 10.1. The van der Waals surface area contributed by atoms with E-state index >= 15 is 0 Å². The number of benzene rings is 1. The zero-order valence-corrected chi connectivity index (χ0v) is 14.4. The van der Waals surface area contributed by atoms with Gasteiger partial charge in [-0.15, -0.1) is 0 Å². The van der Waals surface area contributed by atoms with Gasteiger partial charge < -0.3 is 9.64 Å². The minimum absolute atomic E-state index is 0.0192. The van der Waals surface area contributed by atoms with Gasteiger partial charge in [-0.1, -0.05) is 28.5 Å². The molecule has 0 N–H and O–H groups in total. The van der Waals surface area contributed by atoms with Gasteiger partial charge in [0.2, 0.25) is 5.91 Å². The molecule has 1 amide bonds. The van der Waals surface area contributed by atoms with Gasteiger partial charge in [0.15, 0.2) is 0 Å². The maximum atomic E-state index is 12.9. The smallest absolute Gasteiger partial charge is 0.237 e. The van der Waals surface area contributed by atoms with Crippen LogP contribution in [0, 0.1) is 6.92 Å². The second-order valence-electron chi connectivity index (χ2n) is 6.65. The molecule has 7 nitrogen and oxygen atoms in total. The highest BCUT2D eigenvalue weighted by Crippen LogP contribution is 2.32. The van der Waals surface area contributed by atoms with E-state index in [9.17, 15) is 4.79 Å². The maximum absolute atomic E-state index is 12.9. The number of rotatable bonds is 3. The molecule has 25 heavy (non-hydrogen) atoms. The van der Waals surface area contributed by atoms with Crippen molar-refractivity contribution in [2.75, 3.05) is 26.2 Å². The molecule has 132 valence electrons. The van der Waals surface area contributed by atoms with Crippen LogP contribution >= 0.6 is 0 Å². The van der Waals surface area contributed by atoms with Gasteiger partial charge in [-0.3, -0.25) is 9.69 Å². The Morgan fingerprint density at radius 2 is 2.16 bits per heavy atom. The van der Waals surface area contributed by atoms with Gasteiger partial charge in [0.05, 0.1) is 12.6 Å². The van der Waals surface area contributed by atoms with Crippen molar-refractivity contribution in [3.63, 3.8) is 0 Å². The molecule has 2 aromatic rings. The molecule has 1 unspecified atom stereocenters. The molecule has 1 saturated heterocycles.